The Labute approximate surface area is 142 Å². The van der Waals surface area contributed by atoms with Gasteiger partial charge in [-0.15, -0.1) is 0 Å². The number of rotatable bonds is 4. The largest absolute Gasteiger partial charge is 0.480 e. The second kappa shape index (κ2) is 5.86. The Morgan fingerprint density at radius 2 is 2.16 bits per heavy atom. The van der Waals surface area contributed by atoms with Gasteiger partial charge >= 0.3 is 5.97 Å². The summed E-state index contributed by atoms with van der Waals surface area (Å²) in [4.78, 5) is 23.1. The molecule has 0 saturated heterocycles. The van der Waals surface area contributed by atoms with E-state index in [0.717, 1.165) is 0 Å². The number of nitro benzene ring substituents is 1. The fraction of sp³-hybridized carbons (Fsp3) is 0.214. The molecule has 0 aromatic heterocycles. The number of benzene rings is 2. The molecule has 2 aromatic carbocycles. The molecule has 25 heavy (non-hydrogen) atoms. The molecule has 1 heterocycles. The highest BCUT2D eigenvalue weighted by molar-refractivity contribution is 7.89. The van der Waals surface area contributed by atoms with Crippen molar-refractivity contribution >= 4 is 43.8 Å². The Morgan fingerprint density at radius 1 is 1.44 bits per heavy atom. The van der Waals surface area contributed by atoms with Crippen molar-refractivity contribution in [1.82, 2.24) is 0 Å². The zero-order valence-corrected chi connectivity index (χ0v) is 13.6. The van der Waals surface area contributed by atoms with Crippen molar-refractivity contribution in [2.24, 2.45) is 5.14 Å². The first-order valence-corrected chi connectivity index (χ1v) is 8.72. The maximum absolute atomic E-state index is 11.9. The minimum Gasteiger partial charge on any atom is -0.480 e. The van der Waals surface area contributed by atoms with Crippen molar-refractivity contribution in [3.8, 4) is 0 Å². The van der Waals surface area contributed by atoms with Crippen LogP contribution in [0.1, 0.15) is 0 Å². The van der Waals surface area contributed by atoms with Gasteiger partial charge in [-0.25, -0.2) is 13.6 Å². The fourth-order valence-electron chi connectivity index (χ4n) is 3.03. The summed E-state index contributed by atoms with van der Waals surface area (Å²) in [6, 6.07) is 5.33. The molecule has 132 valence electrons. The van der Waals surface area contributed by atoms with E-state index in [-0.39, 0.29) is 22.2 Å². The highest BCUT2D eigenvalue weighted by Crippen LogP contribution is 2.43. The summed E-state index contributed by atoms with van der Waals surface area (Å²) in [6.07, 6.45) is 0. The minimum absolute atomic E-state index is 0.132. The molecular formula is C14H14N4O6S. The summed E-state index contributed by atoms with van der Waals surface area (Å²) < 4.78 is 23.8. The van der Waals surface area contributed by atoms with E-state index in [1.165, 1.54) is 29.2 Å². The number of nitrogens with two attached hydrogens (primary N) is 1. The van der Waals surface area contributed by atoms with Crippen molar-refractivity contribution in [3.05, 3.63) is 34.4 Å². The zero-order chi connectivity index (χ0) is 18.4. The third-order valence-corrected chi connectivity index (χ3v) is 4.87. The maximum Gasteiger partial charge on any atom is 0.323 e. The molecule has 0 unspecified atom stereocenters. The van der Waals surface area contributed by atoms with E-state index < -0.39 is 26.6 Å². The zero-order valence-electron chi connectivity index (χ0n) is 12.8. The van der Waals surface area contributed by atoms with E-state index in [0.29, 0.717) is 24.5 Å². The van der Waals surface area contributed by atoms with Gasteiger partial charge in [-0.3, -0.25) is 14.9 Å². The molecule has 0 saturated carbocycles. The van der Waals surface area contributed by atoms with Crippen molar-refractivity contribution in [1.29, 1.82) is 0 Å². The summed E-state index contributed by atoms with van der Waals surface area (Å²) in [5, 5.41) is 28.9. The first kappa shape index (κ1) is 16.9. The lowest BCUT2D eigenvalue weighted by Crippen LogP contribution is -2.38. The predicted octanol–water partition coefficient (Wildman–Crippen LogP) is 0.712. The lowest BCUT2D eigenvalue weighted by Gasteiger charge is -2.32. The molecular weight excluding hydrogens is 352 g/mol. The van der Waals surface area contributed by atoms with Crippen LogP contribution in [0.15, 0.2) is 29.2 Å². The molecule has 10 nitrogen and oxygen atoms in total. The lowest BCUT2D eigenvalue weighted by molar-refractivity contribution is -0.383. The number of carboxylic acids is 1. The Balaban J connectivity index is 2.44. The van der Waals surface area contributed by atoms with E-state index >= 15 is 0 Å². The number of carbonyl (C=O) groups is 1. The minimum atomic E-state index is -4.21. The molecule has 0 amide bonds. The summed E-state index contributed by atoms with van der Waals surface area (Å²) >= 11 is 0. The van der Waals surface area contributed by atoms with Gasteiger partial charge in [0.15, 0.2) is 0 Å². The molecule has 1 aliphatic rings. The van der Waals surface area contributed by atoms with Gasteiger partial charge < -0.3 is 15.3 Å². The third-order valence-electron chi connectivity index (χ3n) is 3.92. The number of carboxylic acid groups (broad SMARTS) is 1. The van der Waals surface area contributed by atoms with Crippen LogP contribution in [0.3, 0.4) is 0 Å². The number of sulfonamides is 1. The number of anilines is 2. The van der Waals surface area contributed by atoms with Crippen LogP contribution in [0.2, 0.25) is 0 Å². The summed E-state index contributed by atoms with van der Waals surface area (Å²) in [5.41, 5.74) is 0.362. The van der Waals surface area contributed by atoms with E-state index in [9.17, 15) is 23.3 Å². The van der Waals surface area contributed by atoms with Crippen LogP contribution in [0.4, 0.5) is 17.1 Å². The number of aliphatic carboxylic acids is 1. The smallest absolute Gasteiger partial charge is 0.323 e. The van der Waals surface area contributed by atoms with E-state index in [1.54, 1.807) is 0 Å². The topological polar surface area (TPSA) is 156 Å². The summed E-state index contributed by atoms with van der Waals surface area (Å²) in [7, 11) is -4.21. The first-order valence-electron chi connectivity index (χ1n) is 7.17. The Hall–Kier alpha value is -2.92. The first-order chi connectivity index (χ1) is 11.7. The second-order valence-corrected chi connectivity index (χ2v) is 7.04. The van der Waals surface area contributed by atoms with Crippen LogP contribution in [0.25, 0.3) is 10.8 Å². The van der Waals surface area contributed by atoms with Gasteiger partial charge in [0.2, 0.25) is 10.0 Å². The lowest BCUT2D eigenvalue weighted by atomic mass is 10.0. The number of fused-ring (bicyclic) bond motifs is 3. The Kier molecular flexibility index (Phi) is 3.97. The molecule has 0 fully saturated rings. The summed E-state index contributed by atoms with van der Waals surface area (Å²) in [6.45, 7) is 0.435. The highest BCUT2D eigenvalue weighted by Gasteiger charge is 2.29. The van der Waals surface area contributed by atoms with Crippen molar-refractivity contribution in [3.63, 3.8) is 0 Å². The average molecular weight is 366 g/mol. The molecule has 0 spiro atoms. The quantitative estimate of drug-likeness (QED) is 0.527. The van der Waals surface area contributed by atoms with Crippen LogP contribution in [0, 0.1) is 10.1 Å². The van der Waals surface area contributed by atoms with Gasteiger partial charge in [0.05, 0.1) is 26.6 Å². The Bertz CT molecular complexity index is 1000. The highest BCUT2D eigenvalue weighted by atomic mass is 32.2. The van der Waals surface area contributed by atoms with Gasteiger partial charge in [-0.2, -0.15) is 0 Å². The van der Waals surface area contributed by atoms with Gasteiger partial charge in [-0.1, -0.05) is 12.1 Å². The number of nitrogens with zero attached hydrogens (tertiary/aromatic N) is 2. The van der Waals surface area contributed by atoms with Crippen molar-refractivity contribution < 1.29 is 23.2 Å². The number of non-ortho nitro benzene ring substituents is 1. The van der Waals surface area contributed by atoms with Crippen LogP contribution in [0.5, 0.6) is 0 Å². The summed E-state index contributed by atoms with van der Waals surface area (Å²) in [5.74, 6) is -1.07. The standard InChI is InChI=1S/C14H14N4O6S/c15-25(23,24)11-3-1-2-8-13(11)10(18(21)22)6-9-14(8)17(5-4-16-9)7-12(19)20/h1-3,6,16H,4-5,7H2,(H,19,20)(H2,15,23,24). The van der Waals surface area contributed by atoms with Crippen molar-refractivity contribution in [2.75, 3.05) is 29.9 Å². The van der Waals surface area contributed by atoms with Gasteiger partial charge in [-0.05, 0) is 6.07 Å². The Morgan fingerprint density at radius 3 is 2.76 bits per heavy atom. The number of nitro groups is 1. The molecule has 11 heteroatoms. The molecule has 2 aromatic rings. The molecule has 0 atom stereocenters. The van der Waals surface area contributed by atoms with Crippen LogP contribution >= 0.6 is 0 Å². The molecule has 0 aliphatic carbocycles. The number of hydrogen-bond donors (Lipinski definition) is 3. The molecule has 3 rings (SSSR count). The number of hydrogen-bond acceptors (Lipinski definition) is 7. The molecule has 0 radical (unpaired) electrons. The van der Waals surface area contributed by atoms with Gasteiger partial charge in [0, 0.05) is 24.5 Å². The SMILES string of the molecule is NS(=O)(=O)c1cccc2c3c(cc([N+](=O)[O-])c12)NCCN3CC(=O)O. The predicted molar refractivity (Wildman–Crippen MR) is 90.3 cm³/mol. The van der Waals surface area contributed by atoms with E-state index in [2.05, 4.69) is 5.32 Å². The molecule has 0 bridgehead atoms. The number of nitrogens with one attached hydrogen (secondary N) is 1. The van der Waals surface area contributed by atoms with E-state index in [1.807, 2.05) is 0 Å². The third kappa shape index (κ3) is 2.94. The fourth-order valence-corrected chi connectivity index (χ4v) is 3.80. The molecule has 1 aliphatic heterocycles. The van der Waals surface area contributed by atoms with Crippen LogP contribution < -0.4 is 15.4 Å². The van der Waals surface area contributed by atoms with Gasteiger partial charge in [0.25, 0.3) is 5.69 Å². The van der Waals surface area contributed by atoms with E-state index in [4.69, 9.17) is 10.2 Å². The maximum atomic E-state index is 11.9. The monoisotopic (exact) mass is 366 g/mol. The molecule has 4 N–H and O–H groups in total. The van der Waals surface area contributed by atoms with Crippen molar-refractivity contribution in [2.45, 2.75) is 4.90 Å². The van der Waals surface area contributed by atoms with Gasteiger partial charge in [0.1, 0.15) is 6.54 Å². The van der Waals surface area contributed by atoms with Crippen LogP contribution in [-0.4, -0.2) is 44.1 Å². The van der Waals surface area contributed by atoms with Crippen LogP contribution in [-0.2, 0) is 14.8 Å². The average Bonchev–Trinajstić information content (AvgIpc) is 2.51. The number of primary sulfonamides is 1. The second-order valence-electron chi connectivity index (χ2n) is 5.51. The normalized spacial score (nSPS) is 14.0.